The van der Waals surface area contributed by atoms with Crippen molar-refractivity contribution in [2.45, 2.75) is 19.6 Å². The minimum Gasteiger partial charge on any atom is -0.347 e. The van der Waals surface area contributed by atoms with E-state index in [4.69, 9.17) is 0 Å². The fourth-order valence-corrected chi connectivity index (χ4v) is 1.94. The molecule has 0 radical (unpaired) electrons. The highest BCUT2D eigenvalue weighted by atomic mass is 19.4. The van der Waals surface area contributed by atoms with E-state index in [-0.39, 0.29) is 11.4 Å². The molecule has 0 spiro atoms. The lowest BCUT2D eigenvalue weighted by atomic mass is 10.1. The zero-order valence-electron chi connectivity index (χ0n) is 11.7. The average Bonchev–Trinajstić information content (AvgIpc) is 2.81. The van der Waals surface area contributed by atoms with Crippen molar-refractivity contribution in [3.63, 3.8) is 0 Å². The minimum atomic E-state index is -4.67. The largest absolute Gasteiger partial charge is 0.417 e. The molecule has 0 unspecified atom stereocenters. The molecule has 4 nitrogen and oxygen atoms in total. The second kappa shape index (κ2) is 5.34. The molecule has 114 valence electrons. The first kappa shape index (κ1) is 15.3. The molecule has 1 heterocycles. The Hall–Kier alpha value is -2.12. The van der Waals surface area contributed by atoms with E-state index in [0.29, 0.717) is 18.6 Å². The van der Waals surface area contributed by atoms with Crippen LogP contribution in [0.25, 0.3) is 11.4 Å². The summed E-state index contributed by atoms with van der Waals surface area (Å²) in [6, 6.07) is 2.47. The number of anilines is 1. The quantitative estimate of drug-likeness (QED) is 0.817. The fraction of sp³-hybridized carbons (Fsp3) is 0.385. The standard InChI is InChI=1S/C13H14F4N4/c1-4-21-12(20(2)3)18-11(19-21)9-6-5-8(14)7-10(9)13(15,16)17/h5-7H,4H2,1-3H3. The highest BCUT2D eigenvalue weighted by Gasteiger charge is 2.35. The smallest absolute Gasteiger partial charge is 0.347 e. The van der Waals surface area contributed by atoms with Gasteiger partial charge in [0.1, 0.15) is 5.82 Å². The van der Waals surface area contributed by atoms with E-state index in [1.54, 1.807) is 25.9 Å². The van der Waals surface area contributed by atoms with Crippen LogP contribution in [0.15, 0.2) is 18.2 Å². The van der Waals surface area contributed by atoms with Gasteiger partial charge in [-0.1, -0.05) is 0 Å². The Kier molecular flexibility index (Phi) is 3.89. The summed E-state index contributed by atoms with van der Waals surface area (Å²) in [6.07, 6.45) is -4.67. The Bertz CT molecular complexity index is 646. The van der Waals surface area contributed by atoms with Crippen LogP contribution in [0.4, 0.5) is 23.5 Å². The van der Waals surface area contributed by atoms with Crippen LogP contribution in [0.2, 0.25) is 0 Å². The molecule has 2 rings (SSSR count). The fourth-order valence-electron chi connectivity index (χ4n) is 1.94. The molecule has 0 N–H and O–H groups in total. The molecule has 0 saturated heterocycles. The Morgan fingerprint density at radius 2 is 1.90 bits per heavy atom. The summed E-state index contributed by atoms with van der Waals surface area (Å²) in [7, 11) is 3.44. The summed E-state index contributed by atoms with van der Waals surface area (Å²) in [4.78, 5) is 5.76. The van der Waals surface area contributed by atoms with E-state index in [2.05, 4.69) is 10.1 Å². The van der Waals surface area contributed by atoms with Crippen molar-refractivity contribution >= 4 is 5.95 Å². The lowest BCUT2D eigenvalue weighted by Crippen LogP contribution is -2.15. The zero-order valence-corrected chi connectivity index (χ0v) is 11.7. The number of aromatic nitrogens is 3. The summed E-state index contributed by atoms with van der Waals surface area (Å²) >= 11 is 0. The third kappa shape index (κ3) is 2.98. The van der Waals surface area contributed by atoms with Crippen LogP contribution >= 0.6 is 0 Å². The van der Waals surface area contributed by atoms with Gasteiger partial charge < -0.3 is 4.90 Å². The van der Waals surface area contributed by atoms with Gasteiger partial charge in [-0.2, -0.15) is 18.2 Å². The third-order valence-electron chi connectivity index (χ3n) is 2.88. The molecule has 1 aromatic carbocycles. The molecule has 2 aromatic rings. The predicted octanol–water partition coefficient (Wildman–Crippen LogP) is 3.19. The van der Waals surface area contributed by atoms with Crippen LogP contribution in [-0.2, 0) is 12.7 Å². The number of rotatable bonds is 3. The third-order valence-corrected chi connectivity index (χ3v) is 2.88. The molecule has 0 atom stereocenters. The first-order valence-electron chi connectivity index (χ1n) is 6.23. The van der Waals surface area contributed by atoms with Gasteiger partial charge in [0.25, 0.3) is 0 Å². The molecule has 0 aliphatic rings. The maximum absolute atomic E-state index is 13.1. The maximum Gasteiger partial charge on any atom is 0.417 e. The zero-order chi connectivity index (χ0) is 15.8. The summed E-state index contributed by atoms with van der Waals surface area (Å²) in [5.74, 6) is -0.591. The monoisotopic (exact) mass is 302 g/mol. The van der Waals surface area contributed by atoms with Crippen molar-refractivity contribution in [3.05, 3.63) is 29.6 Å². The normalized spacial score (nSPS) is 11.8. The van der Waals surface area contributed by atoms with Gasteiger partial charge in [0.15, 0.2) is 5.82 Å². The summed E-state index contributed by atoms with van der Waals surface area (Å²) in [6.45, 7) is 2.27. The molecule has 0 saturated carbocycles. The highest BCUT2D eigenvalue weighted by molar-refractivity contribution is 5.62. The van der Waals surface area contributed by atoms with E-state index in [1.807, 2.05) is 0 Å². The van der Waals surface area contributed by atoms with Crippen LogP contribution in [0.3, 0.4) is 0 Å². The van der Waals surface area contributed by atoms with E-state index in [9.17, 15) is 17.6 Å². The second-order valence-electron chi connectivity index (χ2n) is 4.63. The predicted molar refractivity (Wildman–Crippen MR) is 70.4 cm³/mol. The molecular weight excluding hydrogens is 288 g/mol. The summed E-state index contributed by atoms with van der Waals surface area (Å²) in [5.41, 5.74) is -1.32. The number of halogens is 4. The number of nitrogens with zero attached hydrogens (tertiary/aromatic N) is 4. The molecule has 0 bridgehead atoms. The lowest BCUT2D eigenvalue weighted by molar-refractivity contribution is -0.137. The van der Waals surface area contributed by atoms with Gasteiger partial charge in [0.05, 0.1) is 5.56 Å². The van der Waals surface area contributed by atoms with Gasteiger partial charge >= 0.3 is 6.18 Å². The van der Waals surface area contributed by atoms with Gasteiger partial charge in [0.2, 0.25) is 5.95 Å². The molecule has 0 fully saturated rings. The molecule has 0 aliphatic heterocycles. The first-order chi connectivity index (χ1) is 9.74. The Labute approximate surface area is 119 Å². The van der Waals surface area contributed by atoms with Crippen molar-refractivity contribution in [1.29, 1.82) is 0 Å². The van der Waals surface area contributed by atoms with Gasteiger partial charge in [-0.15, -0.1) is 5.10 Å². The van der Waals surface area contributed by atoms with Crippen LogP contribution in [-0.4, -0.2) is 28.9 Å². The molecule has 0 aliphatic carbocycles. The Balaban J connectivity index is 2.62. The maximum atomic E-state index is 13.1. The molecule has 21 heavy (non-hydrogen) atoms. The van der Waals surface area contributed by atoms with Crippen LogP contribution in [0.5, 0.6) is 0 Å². The Morgan fingerprint density at radius 3 is 2.38 bits per heavy atom. The van der Waals surface area contributed by atoms with Crippen LogP contribution in [0.1, 0.15) is 12.5 Å². The van der Waals surface area contributed by atoms with E-state index < -0.39 is 17.6 Å². The summed E-state index contributed by atoms with van der Waals surface area (Å²) in [5, 5.41) is 4.07. The van der Waals surface area contributed by atoms with Crippen LogP contribution in [0, 0.1) is 5.82 Å². The topological polar surface area (TPSA) is 34.0 Å². The van der Waals surface area contributed by atoms with E-state index >= 15 is 0 Å². The van der Waals surface area contributed by atoms with Crippen molar-refractivity contribution in [1.82, 2.24) is 14.8 Å². The number of aryl methyl sites for hydroxylation is 1. The Morgan fingerprint density at radius 1 is 1.24 bits per heavy atom. The average molecular weight is 302 g/mol. The molecular formula is C13H14F4N4. The second-order valence-corrected chi connectivity index (χ2v) is 4.63. The molecule has 1 aromatic heterocycles. The van der Waals surface area contributed by atoms with Crippen molar-refractivity contribution < 1.29 is 17.6 Å². The molecule has 0 amide bonds. The minimum absolute atomic E-state index is 0.0760. The van der Waals surface area contributed by atoms with Crippen molar-refractivity contribution in [2.75, 3.05) is 19.0 Å². The van der Waals surface area contributed by atoms with Gasteiger partial charge in [0, 0.05) is 26.2 Å². The molecule has 8 heteroatoms. The summed E-state index contributed by atoms with van der Waals surface area (Å²) < 4.78 is 53.7. The van der Waals surface area contributed by atoms with Crippen LogP contribution < -0.4 is 4.90 Å². The van der Waals surface area contributed by atoms with Gasteiger partial charge in [-0.3, -0.25) is 0 Å². The van der Waals surface area contributed by atoms with E-state index in [1.165, 1.54) is 4.68 Å². The van der Waals surface area contributed by atoms with Gasteiger partial charge in [-0.25, -0.2) is 9.07 Å². The van der Waals surface area contributed by atoms with Crippen molar-refractivity contribution in [3.8, 4) is 11.4 Å². The van der Waals surface area contributed by atoms with Crippen molar-refractivity contribution in [2.24, 2.45) is 0 Å². The van der Waals surface area contributed by atoms with Gasteiger partial charge in [-0.05, 0) is 25.1 Å². The SMILES string of the molecule is CCn1nc(-c2ccc(F)cc2C(F)(F)F)nc1N(C)C. The lowest BCUT2D eigenvalue weighted by Gasteiger charge is -2.10. The number of hydrogen-bond acceptors (Lipinski definition) is 3. The number of benzene rings is 1. The number of hydrogen-bond donors (Lipinski definition) is 0. The number of alkyl halides is 3. The first-order valence-corrected chi connectivity index (χ1v) is 6.23. The van der Waals surface area contributed by atoms with E-state index in [0.717, 1.165) is 12.1 Å². The highest BCUT2D eigenvalue weighted by Crippen LogP contribution is 2.36.